The van der Waals surface area contributed by atoms with Crippen LogP contribution in [0, 0.1) is 5.92 Å². The SMILES string of the molecule is CC(C)CN1CCCN(C)CC1CCO. The Hall–Kier alpha value is -0.120. The Bertz CT molecular complexity index is 173. The lowest BCUT2D eigenvalue weighted by Crippen LogP contribution is -2.42. The Labute approximate surface area is 94.1 Å². The number of nitrogens with zero attached hydrogens (tertiary/aromatic N) is 2. The molecule has 0 amide bonds. The maximum atomic E-state index is 9.10. The van der Waals surface area contributed by atoms with E-state index in [1.807, 2.05) is 0 Å². The summed E-state index contributed by atoms with van der Waals surface area (Å²) in [5.74, 6) is 0.717. The minimum atomic E-state index is 0.313. The minimum Gasteiger partial charge on any atom is -0.396 e. The molecule has 3 heteroatoms. The summed E-state index contributed by atoms with van der Waals surface area (Å²) in [7, 11) is 2.18. The van der Waals surface area contributed by atoms with Crippen LogP contribution in [0.1, 0.15) is 26.7 Å². The third-order valence-electron chi connectivity index (χ3n) is 3.09. The standard InChI is InChI=1S/C12H26N2O/c1-11(2)9-14-7-4-6-13(3)10-12(14)5-8-15/h11-12,15H,4-10H2,1-3H3. The Morgan fingerprint density at radius 2 is 2.07 bits per heavy atom. The predicted molar refractivity (Wildman–Crippen MR) is 64.0 cm³/mol. The Morgan fingerprint density at radius 1 is 1.33 bits per heavy atom. The van der Waals surface area contributed by atoms with Crippen molar-refractivity contribution in [1.82, 2.24) is 9.80 Å². The molecule has 1 unspecified atom stereocenters. The van der Waals surface area contributed by atoms with Crippen molar-refractivity contribution in [3.63, 3.8) is 0 Å². The van der Waals surface area contributed by atoms with Crippen LogP contribution < -0.4 is 0 Å². The fraction of sp³-hybridized carbons (Fsp3) is 1.00. The van der Waals surface area contributed by atoms with E-state index in [2.05, 4.69) is 30.7 Å². The number of hydrogen-bond acceptors (Lipinski definition) is 3. The van der Waals surface area contributed by atoms with E-state index < -0.39 is 0 Å². The van der Waals surface area contributed by atoms with Gasteiger partial charge in [0.15, 0.2) is 0 Å². The van der Waals surface area contributed by atoms with E-state index in [0.717, 1.165) is 18.9 Å². The van der Waals surface area contributed by atoms with Gasteiger partial charge in [-0.3, -0.25) is 4.90 Å². The zero-order valence-corrected chi connectivity index (χ0v) is 10.4. The molecule has 1 aliphatic rings. The summed E-state index contributed by atoms with van der Waals surface area (Å²) in [5.41, 5.74) is 0. The maximum Gasteiger partial charge on any atom is 0.0446 e. The lowest BCUT2D eigenvalue weighted by atomic mass is 10.1. The van der Waals surface area contributed by atoms with E-state index in [-0.39, 0.29) is 0 Å². The number of likely N-dealkylation sites (N-methyl/N-ethyl adjacent to an activating group) is 1. The second kappa shape index (κ2) is 6.46. The smallest absolute Gasteiger partial charge is 0.0446 e. The molecule has 0 saturated carbocycles. The van der Waals surface area contributed by atoms with Crippen molar-refractivity contribution >= 4 is 0 Å². The fourth-order valence-electron chi connectivity index (χ4n) is 2.43. The average Bonchev–Trinajstić information content (AvgIpc) is 2.29. The average molecular weight is 214 g/mol. The first-order valence-electron chi connectivity index (χ1n) is 6.17. The van der Waals surface area contributed by atoms with E-state index in [9.17, 15) is 0 Å². The summed E-state index contributed by atoms with van der Waals surface area (Å²) in [6.07, 6.45) is 2.17. The first-order valence-corrected chi connectivity index (χ1v) is 6.17. The fourth-order valence-corrected chi connectivity index (χ4v) is 2.43. The third kappa shape index (κ3) is 4.49. The molecule has 0 aromatic rings. The third-order valence-corrected chi connectivity index (χ3v) is 3.09. The van der Waals surface area contributed by atoms with Gasteiger partial charge in [0.2, 0.25) is 0 Å². The van der Waals surface area contributed by atoms with Crippen molar-refractivity contribution in [3.05, 3.63) is 0 Å². The van der Waals surface area contributed by atoms with Crippen LogP contribution in [0.25, 0.3) is 0 Å². The summed E-state index contributed by atoms with van der Waals surface area (Å²) in [6, 6.07) is 0.546. The molecule has 1 N–H and O–H groups in total. The highest BCUT2D eigenvalue weighted by atomic mass is 16.3. The van der Waals surface area contributed by atoms with Crippen LogP contribution in [0.4, 0.5) is 0 Å². The molecular formula is C12H26N2O. The van der Waals surface area contributed by atoms with Crippen molar-refractivity contribution in [2.24, 2.45) is 5.92 Å². The van der Waals surface area contributed by atoms with Gasteiger partial charge in [0.05, 0.1) is 0 Å². The molecule has 0 bridgehead atoms. The first-order chi connectivity index (χ1) is 7.13. The van der Waals surface area contributed by atoms with Crippen LogP contribution in [0.5, 0.6) is 0 Å². The van der Waals surface area contributed by atoms with Crippen molar-refractivity contribution in [3.8, 4) is 0 Å². The molecule has 1 atom stereocenters. The molecule has 1 saturated heterocycles. The van der Waals surface area contributed by atoms with Gasteiger partial charge in [-0.1, -0.05) is 13.8 Å². The number of aliphatic hydroxyl groups is 1. The predicted octanol–water partition coefficient (Wildman–Crippen LogP) is 1.03. The van der Waals surface area contributed by atoms with Gasteiger partial charge in [0.25, 0.3) is 0 Å². The molecule has 0 aromatic heterocycles. The highest BCUT2D eigenvalue weighted by Crippen LogP contribution is 2.13. The van der Waals surface area contributed by atoms with Crippen molar-refractivity contribution < 1.29 is 5.11 Å². The molecule has 0 aliphatic carbocycles. The van der Waals surface area contributed by atoms with Gasteiger partial charge in [0.1, 0.15) is 0 Å². The zero-order chi connectivity index (χ0) is 11.3. The van der Waals surface area contributed by atoms with Gasteiger partial charge in [-0.25, -0.2) is 0 Å². The summed E-state index contributed by atoms with van der Waals surface area (Å²) in [5, 5.41) is 9.10. The number of aliphatic hydroxyl groups excluding tert-OH is 1. The van der Waals surface area contributed by atoms with Crippen LogP contribution in [0.2, 0.25) is 0 Å². The zero-order valence-electron chi connectivity index (χ0n) is 10.4. The number of hydrogen-bond donors (Lipinski definition) is 1. The van der Waals surface area contributed by atoms with E-state index in [1.54, 1.807) is 0 Å². The number of rotatable bonds is 4. The molecule has 0 aromatic carbocycles. The van der Waals surface area contributed by atoms with Crippen LogP contribution in [0.3, 0.4) is 0 Å². The largest absolute Gasteiger partial charge is 0.396 e. The quantitative estimate of drug-likeness (QED) is 0.757. The molecule has 3 nitrogen and oxygen atoms in total. The molecular weight excluding hydrogens is 188 g/mol. The Kier molecular flexibility index (Phi) is 5.58. The normalized spacial score (nSPS) is 25.8. The molecule has 1 fully saturated rings. The lowest BCUT2D eigenvalue weighted by Gasteiger charge is -2.31. The van der Waals surface area contributed by atoms with Crippen LogP contribution >= 0.6 is 0 Å². The van der Waals surface area contributed by atoms with E-state index in [1.165, 1.54) is 26.1 Å². The highest BCUT2D eigenvalue weighted by molar-refractivity contribution is 4.79. The maximum absolute atomic E-state index is 9.10. The van der Waals surface area contributed by atoms with Crippen molar-refractivity contribution in [1.29, 1.82) is 0 Å². The van der Waals surface area contributed by atoms with E-state index in [0.29, 0.717) is 12.6 Å². The summed E-state index contributed by atoms with van der Waals surface area (Å²) < 4.78 is 0. The topological polar surface area (TPSA) is 26.7 Å². The molecule has 1 aliphatic heterocycles. The second-order valence-electron chi connectivity index (χ2n) is 5.17. The summed E-state index contributed by atoms with van der Waals surface area (Å²) in [4.78, 5) is 4.95. The van der Waals surface area contributed by atoms with Crippen LogP contribution in [-0.2, 0) is 0 Å². The van der Waals surface area contributed by atoms with E-state index in [4.69, 9.17) is 5.11 Å². The molecule has 0 radical (unpaired) electrons. The molecule has 90 valence electrons. The van der Waals surface area contributed by atoms with Gasteiger partial charge < -0.3 is 10.0 Å². The van der Waals surface area contributed by atoms with Crippen LogP contribution in [0.15, 0.2) is 0 Å². The van der Waals surface area contributed by atoms with Crippen molar-refractivity contribution in [2.75, 3.05) is 39.8 Å². The monoisotopic (exact) mass is 214 g/mol. The van der Waals surface area contributed by atoms with Gasteiger partial charge in [0, 0.05) is 25.7 Å². The minimum absolute atomic E-state index is 0.313. The highest BCUT2D eigenvalue weighted by Gasteiger charge is 2.23. The molecule has 0 spiro atoms. The molecule has 15 heavy (non-hydrogen) atoms. The van der Waals surface area contributed by atoms with E-state index >= 15 is 0 Å². The second-order valence-corrected chi connectivity index (χ2v) is 5.17. The van der Waals surface area contributed by atoms with Gasteiger partial charge >= 0.3 is 0 Å². The van der Waals surface area contributed by atoms with Crippen molar-refractivity contribution in [2.45, 2.75) is 32.7 Å². The van der Waals surface area contributed by atoms with Gasteiger partial charge in [-0.2, -0.15) is 0 Å². The Balaban J connectivity index is 2.54. The Morgan fingerprint density at radius 3 is 2.67 bits per heavy atom. The molecule has 1 heterocycles. The summed E-state index contributed by atoms with van der Waals surface area (Å²) >= 11 is 0. The van der Waals surface area contributed by atoms with Gasteiger partial charge in [-0.15, -0.1) is 0 Å². The first kappa shape index (κ1) is 12.9. The summed E-state index contributed by atoms with van der Waals surface area (Å²) in [6.45, 7) is 9.50. The van der Waals surface area contributed by atoms with Gasteiger partial charge in [-0.05, 0) is 38.9 Å². The lowest BCUT2D eigenvalue weighted by molar-refractivity contribution is 0.137. The molecule has 1 rings (SSSR count). The van der Waals surface area contributed by atoms with Crippen LogP contribution in [-0.4, -0.2) is 60.8 Å².